The molecule has 0 spiro atoms. The third-order valence-electron chi connectivity index (χ3n) is 2.85. The van der Waals surface area contributed by atoms with Crippen LogP contribution in [0.3, 0.4) is 0 Å². The van der Waals surface area contributed by atoms with Crippen LogP contribution in [0.25, 0.3) is 0 Å². The van der Waals surface area contributed by atoms with Gasteiger partial charge in [-0.25, -0.2) is 0 Å². The van der Waals surface area contributed by atoms with Crippen molar-refractivity contribution in [3.05, 3.63) is 35.9 Å². The van der Waals surface area contributed by atoms with Crippen LogP contribution in [0, 0.1) is 0 Å². The van der Waals surface area contributed by atoms with Crippen LogP contribution in [0.15, 0.2) is 35.3 Å². The van der Waals surface area contributed by atoms with Crippen LogP contribution in [0.1, 0.15) is 10.8 Å². The SMILES string of the molecule is COCCNC(=O)CNC1=NCC(c2ccccc2)S1. The topological polar surface area (TPSA) is 62.7 Å². The van der Waals surface area contributed by atoms with E-state index in [4.69, 9.17) is 4.74 Å². The van der Waals surface area contributed by atoms with Crippen LogP contribution in [0.2, 0.25) is 0 Å². The van der Waals surface area contributed by atoms with Gasteiger partial charge in [-0.3, -0.25) is 9.79 Å². The monoisotopic (exact) mass is 293 g/mol. The molecular weight excluding hydrogens is 274 g/mol. The van der Waals surface area contributed by atoms with Gasteiger partial charge in [0.1, 0.15) is 0 Å². The minimum atomic E-state index is -0.0477. The third kappa shape index (κ3) is 4.54. The van der Waals surface area contributed by atoms with E-state index in [2.05, 4.69) is 27.8 Å². The fourth-order valence-electron chi connectivity index (χ4n) is 1.82. The molecule has 1 aromatic carbocycles. The Morgan fingerprint density at radius 1 is 1.45 bits per heavy atom. The number of amides is 1. The first-order valence-corrected chi connectivity index (χ1v) is 7.43. The highest BCUT2D eigenvalue weighted by molar-refractivity contribution is 8.14. The van der Waals surface area contributed by atoms with Gasteiger partial charge in [0.15, 0.2) is 5.17 Å². The zero-order chi connectivity index (χ0) is 14.2. The molecule has 20 heavy (non-hydrogen) atoms. The largest absolute Gasteiger partial charge is 0.383 e. The molecule has 5 nitrogen and oxygen atoms in total. The minimum Gasteiger partial charge on any atom is -0.383 e. The van der Waals surface area contributed by atoms with E-state index in [-0.39, 0.29) is 12.5 Å². The molecule has 1 amide bonds. The summed E-state index contributed by atoms with van der Waals surface area (Å²) < 4.78 is 4.87. The van der Waals surface area contributed by atoms with Crippen molar-refractivity contribution in [1.29, 1.82) is 0 Å². The summed E-state index contributed by atoms with van der Waals surface area (Å²) in [6.45, 7) is 2.06. The average molecular weight is 293 g/mol. The lowest BCUT2D eigenvalue weighted by molar-refractivity contribution is -0.120. The number of methoxy groups -OCH3 is 1. The number of carbonyl (C=O) groups excluding carboxylic acids is 1. The van der Waals surface area contributed by atoms with Crippen molar-refractivity contribution in [3.8, 4) is 0 Å². The van der Waals surface area contributed by atoms with Gasteiger partial charge >= 0.3 is 0 Å². The van der Waals surface area contributed by atoms with E-state index in [9.17, 15) is 4.79 Å². The number of hydrogen-bond donors (Lipinski definition) is 2. The number of hydrogen-bond acceptors (Lipinski definition) is 5. The number of thioether (sulfide) groups is 1. The predicted molar refractivity (Wildman–Crippen MR) is 82.0 cm³/mol. The molecule has 0 saturated heterocycles. The molecule has 108 valence electrons. The zero-order valence-corrected chi connectivity index (χ0v) is 12.3. The molecule has 6 heteroatoms. The first kappa shape index (κ1) is 14.9. The van der Waals surface area contributed by atoms with Gasteiger partial charge in [0.2, 0.25) is 5.91 Å². The van der Waals surface area contributed by atoms with E-state index in [1.54, 1.807) is 18.9 Å². The van der Waals surface area contributed by atoms with E-state index in [0.29, 0.717) is 18.4 Å². The van der Waals surface area contributed by atoms with Crippen LogP contribution in [-0.2, 0) is 9.53 Å². The zero-order valence-electron chi connectivity index (χ0n) is 11.5. The quantitative estimate of drug-likeness (QED) is 0.773. The summed E-state index contributed by atoms with van der Waals surface area (Å²) in [4.78, 5) is 16.0. The Kier molecular flexibility index (Phi) is 5.88. The summed E-state index contributed by atoms with van der Waals surface area (Å²) in [6, 6.07) is 10.3. The number of aliphatic imine (C=N–C) groups is 1. The molecule has 1 aromatic rings. The molecule has 1 unspecified atom stereocenters. The van der Waals surface area contributed by atoms with E-state index in [1.807, 2.05) is 18.2 Å². The van der Waals surface area contributed by atoms with Gasteiger partial charge in [-0.05, 0) is 5.56 Å². The standard InChI is InChI=1S/C14H19N3O2S/c1-19-8-7-15-13(18)10-17-14-16-9-12(20-14)11-5-3-2-4-6-11/h2-6,12H,7-10H2,1H3,(H,15,18)(H,16,17). The molecule has 0 radical (unpaired) electrons. The Morgan fingerprint density at radius 3 is 3.00 bits per heavy atom. The maximum atomic E-state index is 11.5. The molecule has 1 aliphatic rings. The van der Waals surface area contributed by atoms with Crippen LogP contribution in [0.5, 0.6) is 0 Å². The highest BCUT2D eigenvalue weighted by atomic mass is 32.2. The molecule has 0 saturated carbocycles. The van der Waals surface area contributed by atoms with Gasteiger partial charge < -0.3 is 15.4 Å². The lowest BCUT2D eigenvalue weighted by atomic mass is 10.1. The molecule has 1 aliphatic heterocycles. The molecular formula is C14H19N3O2S. The van der Waals surface area contributed by atoms with Crippen molar-refractivity contribution in [2.45, 2.75) is 5.25 Å². The number of rotatable bonds is 6. The summed E-state index contributed by atoms with van der Waals surface area (Å²) in [6.07, 6.45) is 0. The fourth-order valence-corrected chi connectivity index (χ4v) is 2.84. The Hall–Kier alpha value is -1.53. The molecule has 2 rings (SSSR count). The van der Waals surface area contributed by atoms with Gasteiger partial charge in [-0.15, -0.1) is 0 Å². The van der Waals surface area contributed by atoms with Crippen LogP contribution in [0.4, 0.5) is 0 Å². The van der Waals surface area contributed by atoms with E-state index >= 15 is 0 Å². The summed E-state index contributed by atoms with van der Waals surface area (Å²) >= 11 is 1.67. The molecule has 2 N–H and O–H groups in total. The van der Waals surface area contributed by atoms with E-state index < -0.39 is 0 Å². The number of amidine groups is 1. The third-order valence-corrected chi connectivity index (χ3v) is 4.06. The average Bonchev–Trinajstić information content (AvgIpc) is 2.95. The van der Waals surface area contributed by atoms with Gasteiger partial charge in [0, 0.05) is 13.7 Å². The predicted octanol–water partition coefficient (Wildman–Crippen LogP) is 1.18. The fraction of sp³-hybridized carbons (Fsp3) is 0.429. The second-order valence-corrected chi connectivity index (χ2v) is 5.55. The first-order valence-electron chi connectivity index (χ1n) is 6.55. The highest BCUT2D eigenvalue weighted by Crippen LogP contribution is 2.33. The van der Waals surface area contributed by atoms with E-state index in [1.165, 1.54) is 5.56 Å². The van der Waals surface area contributed by atoms with Crippen molar-refractivity contribution < 1.29 is 9.53 Å². The van der Waals surface area contributed by atoms with Crippen LogP contribution >= 0.6 is 11.8 Å². The smallest absolute Gasteiger partial charge is 0.239 e. The van der Waals surface area contributed by atoms with Gasteiger partial charge in [-0.2, -0.15) is 0 Å². The number of nitrogens with zero attached hydrogens (tertiary/aromatic N) is 1. The second kappa shape index (κ2) is 7.91. The van der Waals surface area contributed by atoms with Crippen LogP contribution < -0.4 is 10.6 Å². The van der Waals surface area contributed by atoms with Gasteiger partial charge in [-0.1, -0.05) is 42.1 Å². The normalized spacial score (nSPS) is 17.6. The Balaban J connectivity index is 1.70. The Labute approximate surface area is 123 Å². The molecule has 1 heterocycles. The maximum Gasteiger partial charge on any atom is 0.239 e. The second-order valence-electron chi connectivity index (χ2n) is 4.36. The Morgan fingerprint density at radius 2 is 2.25 bits per heavy atom. The minimum absolute atomic E-state index is 0.0477. The molecule has 0 bridgehead atoms. The summed E-state index contributed by atoms with van der Waals surface area (Å²) in [7, 11) is 1.61. The first-order chi connectivity index (χ1) is 9.79. The van der Waals surface area contributed by atoms with Gasteiger partial charge in [0.25, 0.3) is 0 Å². The summed E-state index contributed by atoms with van der Waals surface area (Å²) in [5.41, 5.74) is 1.27. The Bertz CT molecular complexity index is 465. The van der Waals surface area contributed by atoms with Crippen LogP contribution in [-0.4, -0.2) is 44.4 Å². The molecule has 0 aromatic heterocycles. The highest BCUT2D eigenvalue weighted by Gasteiger charge is 2.21. The summed E-state index contributed by atoms with van der Waals surface area (Å²) in [5, 5.41) is 7.00. The lowest BCUT2D eigenvalue weighted by Crippen LogP contribution is -2.37. The summed E-state index contributed by atoms with van der Waals surface area (Å²) in [5.74, 6) is -0.0477. The van der Waals surface area contributed by atoms with Crippen molar-refractivity contribution in [1.82, 2.24) is 10.6 Å². The molecule has 0 fully saturated rings. The molecule has 0 aliphatic carbocycles. The van der Waals surface area contributed by atoms with Crippen molar-refractivity contribution in [2.75, 3.05) is 33.4 Å². The van der Waals surface area contributed by atoms with Gasteiger partial charge in [0.05, 0.1) is 24.9 Å². The van der Waals surface area contributed by atoms with Crippen molar-refractivity contribution >= 4 is 22.8 Å². The number of ether oxygens (including phenoxy) is 1. The number of nitrogens with one attached hydrogen (secondary N) is 2. The lowest BCUT2D eigenvalue weighted by Gasteiger charge is -2.09. The number of carbonyl (C=O) groups is 1. The van der Waals surface area contributed by atoms with Crippen molar-refractivity contribution in [3.63, 3.8) is 0 Å². The maximum absolute atomic E-state index is 11.5. The molecule has 1 atom stereocenters. The van der Waals surface area contributed by atoms with Crippen molar-refractivity contribution in [2.24, 2.45) is 4.99 Å². The number of benzene rings is 1. The van der Waals surface area contributed by atoms with E-state index in [0.717, 1.165) is 11.7 Å².